The largest absolute Gasteiger partial charge is 0.283 e. The number of benzene rings is 2. The molecule has 27 heavy (non-hydrogen) atoms. The molecule has 9 heteroatoms. The first-order valence-electron chi connectivity index (χ1n) is 8.31. The average molecular weight is 413 g/mol. The molecule has 0 amide bonds. The molecule has 1 heterocycles. The van der Waals surface area contributed by atoms with Crippen molar-refractivity contribution < 1.29 is 21.2 Å². The van der Waals surface area contributed by atoms with Crippen molar-refractivity contribution in [2.75, 3.05) is 21.8 Å². The van der Waals surface area contributed by atoms with Gasteiger partial charge in [-0.15, -0.1) is 0 Å². The van der Waals surface area contributed by atoms with Crippen molar-refractivity contribution in [3.63, 3.8) is 0 Å². The molecule has 0 saturated heterocycles. The summed E-state index contributed by atoms with van der Waals surface area (Å²) in [5, 5.41) is 0. The number of sulfonamides is 2. The standard InChI is InChI=1S/C18H21FN2O4S2/c1-11-9-12(2)18(13(3)17(11)20-26(4,22)23)27(24,25)21-8-7-14-5-6-15(19)10-16(14)21/h5-6,9-10,20H,7-8H2,1-4H3. The number of fused-ring (bicyclic) bond motifs is 1. The van der Waals surface area contributed by atoms with E-state index >= 15 is 0 Å². The molecule has 1 aliphatic heterocycles. The lowest BCUT2D eigenvalue weighted by Crippen LogP contribution is -2.30. The van der Waals surface area contributed by atoms with Crippen molar-refractivity contribution in [3.05, 3.63) is 52.3 Å². The van der Waals surface area contributed by atoms with Crippen LogP contribution in [0.3, 0.4) is 0 Å². The predicted molar refractivity (Wildman–Crippen MR) is 104 cm³/mol. The Morgan fingerprint density at radius 2 is 1.70 bits per heavy atom. The zero-order valence-corrected chi connectivity index (χ0v) is 17.1. The Hall–Kier alpha value is -2.13. The molecule has 0 aromatic heterocycles. The Morgan fingerprint density at radius 1 is 1.04 bits per heavy atom. The van der Waals surface area contributed by atoms with Crippen LogP contribution in [-0.4, -0.2) is 29.6 Å². The third-order valence-corrected chi connectivity index (χ3v) is 7.32. The summed E-state index contributed by atoms with van der Waals surface area (Å²) >= 11 is 0. The molecule has 2 aromatic carbocycles. The molecule has 0 unspecified atom stereocenters. The minimum Gasteiger partial charge on any atom is -0.283 e. The lowest BCUT2D eigenvalue weighted by atomic mass is 10.1. The maximum absolute atomic E-state index is 13.7. The lowest BCUT2D eigenvalue weighted by molar-refractivity contribution is 0.590. The molecule has 0 bridgehead atoms. The predicted octanol–water partition coefficient (Wildman–Crippen LogP) is 2.87. The van der Waals surface area contributed by atoms with Crippen LogP contribution in [0.25, 0.3) is 0 Å². The van der Waals surface area contributed by atoms with Gasteiger partial charge in [-0.2, -0.15) is 0 Å². The van der Waals surface area contributed by atoms with Gasteiger partial charge in [-0.3, -0.25) is 9.03 Å². The summed E-state index contributed by atoms with van der Waals surface area (Å²) in [6, 6.07) is 5.75. The highest BCUT2D eigenvalue weighted by molar-refractivity contribution is 7.93. The molecule has 0 spiro atoms. The smallest absolute Gasteiger partial charge is 0.264 e. The van der Waals surface area contributed by atoms with E-state index in [1.165, 1.54) is 16.4 Å². The number of nitrogens with zero attached hydrogens (tertiary/aromatic N) is 1. The lowest BCUT2D eigenvalue weighted by Gasteiger charge is -2.24. The molecule has 0 fully saturated rings. The molecule has 0 atom stereocenters. The molecule has 0 radical (unpaired) electrons. The number of anilines is 2. The first-order valence-corrected chi connectivity index (χ1v) is 11.6. The Morgan fingerprint density at radius 3 is 2.33 bits per heavy atom. The maximum Gasteiger partial charge on any atom is 0.264 e. The second-order valence-corrected chi connectivity index (χ2v) is 10.4. The van der Waals surface area contributed by atoms with Gasteiger partial charge in [0.2, 0.25) is 10.0 Å². The van der Waals surface area contributed by atoms with Gasteiger partial charge in [0.1, 0.15) is 5.82 Å². The third kappa shape index (κ3) is 3.53. The highest BCUT2D eigenvalue weighted by Gasteiger charge is 2.34. The van der Waals surface area contributed by atoms with Crippen molar-refractivity contribution in [2.24, 2.45) is 0 Å². The number of hydrogen-bond acceptors (Lipinski definition) is 4. The van der Waals surface area contributed by atoms with E-state index in [0.29, 0.717) is 28.8 Å². The van der Waals surface area contributed by atoms with Gasteiger partial charge in [0.15, 0.2) is 0 Å². The molecule has 0 saturated carbocycles. The Labute approximate surface area is 159 Å². The van der Waals surface area contributed by atoms with E-state index in [9.17, 15) is 21.2 Å². The highest BCUT2D eigenvalue weighted by Crippen LogP contribution is 2.38. The van der Waals surface area contributed by atoms with Gasteiger partial charge < -0.3 is 0 Å². The normalized spacial score (nSPS) is 14.3. The first-order chi connectivity index (χ1) is 12.4. The summed E-state index contributed by atoms with van der Waals surface area (Å²) in [5.74, 6) is -0.507. The second-order valence-electron chi connectivity index (χ2n) is 6.81. The summed E-state index contributed by atoms with van der Waals surface area (Å²) < 4.78 is 67.5. The van der Waals surface area contributed by atoms with Crippen LogP contribution in [0.5, 0.6) is 0 Å². The van der Waals surface area contributed by atoms with E-state index in [0.717, 1.165) is 11.8 Å². The topological polar surface area (TPSA) is 83.6 Å². The highest BCUT2D eigenvalue weighted by atomic mass is 32.2. The summed E-state index contributed by atoms with van der Waals surface area (Å²) in [7, 11) is -7.57. The van der Waals surface area contributed by atoms with Crippen molar-refractivity contribution in [2.45, 2.75) is 32.1 Å². The monoisotopic (exact) mass is 412 g/mol. The van der Waals surface area contributed by atoms with Crippen LogP contribution in [0.4, 0.5) is 15.8 Å². The molecular weight excluding hydrogens is 391 g/mol. The van der Waals surface area contributed by atoms with Crippen LogP contribution in [0, 0.1) is 26.6 Å². The molecule has 3 rings (SSSR count). The van der Waals surface area contributed by atoms with E-state index < -0.39 is 25.9 Å². The zero-order chi connectivity index (χ0) is 20.1. The van der Waals surface area contributed by atoms with Gasteiger partial charge in [0, 0.05) is 6.54 Å². The SMILES string of the molecule is Cc1cc(C)c(S(=O)(=O)N2CCc3ccc(F)cc32)c(C)c1NS(C)(=O)=O. The third-order valence-electron chi connectivity index (χ3n) is 4.64. The molecule has 146 valence electrons. The molecule has 0 aliphatic carbocycles. The van der Waals surface area contributed by atoms with E-state index in [4.69, 9.17) is 0 Å². The Balaban J connectivity index is 2.20. The van der Waals surface area contributed by atoms with Crippen LogP contribution < -0.4 is 9.03 Å². The van der Waals surface area contributed by atoms with Crippen LogP contribution in [-0.2, 0) is 26.5 Å². The number of hydrogen-bond donors (Lipinski definition) is 1. The molecular formula is C18H21FN2O4S2. The fourth-order valence-electron chi connectivity index (χ4n) is 3.59. The fraction of sp³-hybridized carbons (Fsp3) is 0.333. The maximum atomic E-state index is 13.7. The van der Waals surface area contributed by atoms with Gasteiger partial charge in [0.05, 0.1) is 22.5 Å². The zero-order valence-electron chi connectivity index (χ0n) is 15.5. The fourth-order valence-corrected chi connectivity index (χ4v) is 6.21. The van der Waals surface area contributed by atoms with Gasteiger partial charge in [-0.05, 0) is 61.6 Å². The van der Waals surface area contributed by atoms with Crippen LogP contribution in [0.2, 0.25) is 0 Å². The van der Waals surface area contributed by atoms with Crippen molar-refractivity contribution in [1.82, 2.24) is 0 Å². The molecule has 6 nitrogen and oxygen atoms in total. The van der Waals surface area contributed by atoms with E-state index in [2.05, 4.69) is 4.72 Å². The van der Waals surface area contributed by atoms with Crippen LogP contribution in [0.1, 0.15) is 22.3 Å². The van der Waals surface area contributed by atoms with Crippen LogP contribution in [0.15, 0.2) is 29.2 Å². The van der Waals surface area contributed by atoms with Gasteiger partial charge >= 0.3 is 0 Å². The van der Waals surface area contributed by atoms with E-state index in [1.54, 1.807) is 32.9 Å². The van der Waals surface area contributed by atoms with Crippen molar-refractivity contribution in [3.8, 4) is 0 Å². The van der Waals surface area contributed by atoms with Crippen LogP contribution >= 0.6 is 0 Å². The number of nitrogens with one attached hydrogen (secondary N) is 1. The summed E-state index contributed by atoms with van der Waals surface area (Å²) in [5.41, 5.74) is 2.79. The molecule has 1 N–H and O–H groups in total. The van der Waals surface area contributed by atoms with Gasteiger partial charge in [0.25, 0.3) is 10.0 Å². The number of aryl methyl sites for hydroxylation is 2. The Kier molecular flexibility index (Phi) is 4.72. The quantitative estimate of drug-likeness (QED) is 0.837. The van der Waals surface area contributed by atoms with Crippen molar-refractivity contribution >= 4 is 31.4 Å². The minimum atomic E-state index is -3.99. The number of halogens is 1. The van der Waals surface area contributed by atoms with Gasteiger partial charge in [-0.1, -0.05) is 12.1 Å². The second kappa shape index (κ2) is 6.49. The van der Waals surface area contributed by atoms with E-state index in [1.807, 2.05) is 0 Å². The van der Waals surface area contributed by atoms with Gasteiger partial charge in [-0.25, -0.2) is 21.2 Å². The summed E-state index contributed by atoms with van der Waals surface area (Å²) in [4.78, 5) is 0.0383. The number of rotatable bonds is 4. The van der Waals surface area contributed by atoms with E-state index in [-0.39, 0.29) is 17.1 Å². The average Bonchev–Trinajstić information content (AvgIpc) is 2.93. The Bertz CT molecular complexity index is 1140. The molecule has 2 aromatic rings. The first kappa shape index (κ1) is 19.6. The minimum absolute atomic E-state index is 0.0383. The summed E-state index contributed by atoms with van der Waals surface area (Å²) in [6.07, 6.45) is 1.51. The summed E-state index contributed by atoms with van der Waals surface area (Å²) in [6.45, 7) is 5.16. The van der Waals surface area contributed by atoms with Crippen molar-refractivity contribution in [1.29, 1.82) is 0 Å². The molecule has 1 aliphatic rings.